The molecule has 3 unspecified atom stereocenters. The number of rotatable bonds is 16. The molecule has 3 amide bonds. The van der Waals surface area contributed by atoms with Gasteiger partial charge in [-0.15, -0.1) is 0 Å². The van der Waals surface area contributed by atoms with Crippen LogP contribution in [0.3, 0.4) is 0 Å². The molecule has 1 aromatic rings. The number of nitrogens with two attached hydrogens (primary N) is 3. The average Bonchev–Trinajstić information content (AvgIpc) is 3.29. The molecular formula is C19H31N9O7. The summed E-state index contributed by atoms with van der Waals surface area (Å²) in [5.41, 5.74) is 16.6. The van der Waals surface area contributed by atoms with Gasteiger partial charge in [-0.1, -0.05) is 0 Å². The number of aromatic amines is 1. The number of carbonyl (C=O) groups is 5. The van der Waals surface area contributed by atoms with Crippen LogP contribution in [0.2, 0.25) is 0 Å². The number of carboxylic acid groups (broad SMARTS) is 2. The van der Waals surface area contributed by atoms with Crippen LogP contribution < -0.4 is 33.2 Å². The minimum absolute atomic E-state index is 0.0684. The molecule has 0 fully saturated rings. The van der Waals surface area contributed by atoms with Gasteiger partial charge in [0.2, 0.25) is 17.7 Å². The highest BCUT2D eigenvalue weighted by atomic mass is 16.4. The van der Waals surface area contributed by atoms with Gasteiger partial charge in [0.15, 0.2) is 5.96 Å². The quantitative estimate of drug-likeness (QED) is 0.0610. The second kappa shape index (κ2) is 14.8. The standard InChI is InChI=1S/C19H31N9O7/c20-11(2-1-5-24-19(21)22)16(32)25-8-14(29)27-13(6-10-7-23-9-26-10)17(33)28-12(18(34)35)3-4-15(30)31/h7,9,11-13H,1-6,8,20H2,(H,23,26)(H,25,32)(H,27,29)(H,28,33)(H,30,31)(H,34,35)(H4,21,22,24). The highest BCUT2D eigenvalue weighted by Crippen LogP contribution is 2.03. The molecule has 1 heterocycles. The summed E-state index contributed by atoms with van der Waals surface area (Å²) < 4.78 is 0. The third-order valence-corrected chi connectivity index (χ3v) is 4.62. The summed E-state index contributed by atoms with van der Waals surface area (Å²) >= 11 is 0. The first kappa shape index (κ1) is 28.8. The van der Waals surface area contributed by atoms with Gasteiger partial charge in [-0.3, -0.25) is 24.2 Å². The molecule has 1 aromatic heterocycles. The van der Waals surface area contributed by atoms with Crippen molar-refractivity contribution in [2.75, 3.05) is 13.1 Å². The number of carboxylic acids is 2. The molecule has 0 aliphatic rings. The first-order valence-corrected chi connectivity index (χ1v) is 10.6. The topological polar surface area (TPSA) is 281 Å². The van der Waals surface area contributed by atoms with Crippen LogP contribution in [0.15, 0.2) is 17.5 Å². The lowest BCUT2D eigenvalue weighted by molar-refractivity contribution is -0.143. The lowest BCUT2D eigenvalue weighted by atomic mass is 10.1. The van der Waals surface area contributed by atoms with Gasteiger partial charge in [0.25, 0.3) is 0 Å². The average molecular weight is 498 g/mol. The van der Waals surface area contributed by atoms with Crippen molar-refractivity contribution in [3.63, 3.8) is 0 Å². The summed E-state index contributed by atoms with van der Waals surface area (Å²) in [5, 5.41) is 25.0. The van der Waals surface area contributed by atoms with Gasteiger partial charge in [0.05, 0.1) is 18.9 Å². The van der Waals surface area contributed by atoms with Crippen LogP contribution in [0.5, 0.6) is 0 Å². The highest BCUT2D eigenvalue weighted by Gasteiger charge is 2.28. The van der Waals surface area contributed by atoms with Crippen molar-refractivity contribution in [2.45, 2.75) is 50.2 Å². The molecule has 3 atom stereocenters. The number of aromatic nitrogens is 2. The second-order valence-electron chi connectivity index (χ2n) is 7.51. The SMILES string of the molecule is NC(N)=NCCCC(N)C(=O)NCC(=O)NC(Cc1cnc[nH]1)C(=O)NC(CCC(=O)O)C(=O)O. The molecule has 35 heavy (non-hydrogen) atoms. The van der Waals surface area contributed by atoms with Crippen LogP contribution in [0, 0.1) is 0 Å². The van der Waals surface area contributed by atoms with Crippen molar-refractivity contribution < 1.29 is 34.2 Å². The first-order valence-electron chi connectivity index (χ1n) is 10.6. The number of guanidine groups is 1. The van der Waals surface area contributed by atoms with E-state index in [0.717, 1.165) is 0 Å². The predicted molar refractivity (Wildman–Crippen MR) is 122 cm³/mol. The number of aliphatic carboxylic acids is 2. The van der Waals surface area contributed by atoms with Crippen molar-refractivity contribution in [2.24, 2.45) is 22.2 Å². The van der Waals surface area contributed by atoms with Crippen molar-refractivity contribution >= 4 is 35.6 Å². The summed E-state index contributed by atoms with van der Waals surface area (Å²) in [6, 6.07) is -3.62. The second-order valence-corrected chi connectivity index (χ2v) is 7.51. The van der Waals surface area contributed by atoms with Crippen LogP contribution in [-0.4, -0.2) is 87.0 Å². The zero-order valence-corrected chi connectivity index (χ0v) is 18.9. The number of imidazole rings is 1. The van der Waals surface area contributed by atoms with E-state index in [-0.39, 0.29) is 31.8 Å². The Labute approximate surface area is 200 Å². The van der Waals surface area contributed by atoms with Gasteiger partial charge in [-0.25, -0.2) is 9.78 Å². The van der Waals surface area contributed by atoms with Crippen molar-refractivity contribution in [3.05, 3.63) is 18.2 Å². The summed E-state index contributed by atoms with van der Waals surface area (Å²) in [4.78, 5) is 69.6. The number of nitrogens with zero attached hydrogens (tertiary/aromatic N) is 2. The van der Waals surface area contributed by atoms with Crippen LogP contribution in [0.25, 0.3) is 0 Å². The van der Waals surface area contributed by atoms with Crippen LogP contribution >= 0.6 is 0 Å². The highest BCUT2D eigenvalue weighted by molar-refractivity contribution is 5.92. The molecule has 0 radical (unpaired) electrons. The smallest absolute Gasteiger partial charge is 0.326 e. The largest absolute Gasteiger partial charge is 0.481 e. The number of aliphatic imine (C=N–C) groups is 1. The van der Waals surface area contributed by atoms with Gasteiger partial charge in [-0.2, -0.15) is 0 Å². The van der Waals surface area contributed by atoms with E-state index in [0.29, 0.717) is 12.1 Å². The fraction of sp³-hybridized carbons (Fsp3) is 0.526. The number of nitrogens with one attached hydrogen (secondary N) is 4. The summed E-state index contributed by atoms with van der Waals surface area (Å²) in [6.07, 6.45) is 2.58. The minimum Gasteiger partial charge on any atom is -0.481 e. The normalized spacial score (nSPS) is 13.1. The molecule has 12 N–H and O–H groups in total. The van der Waals surface area contributed by atoms with Gasteiger partial charge in [0.1, 0.15) is 12.1 Å². The number of hydrogen-bond donors (Lipinski definition) is 9. The first-order chi connectivity index (χ1) is 16.5. The molecule has 0 saturated heterocycles. The maximum atomic E-state index is 12.7. The molecule has 0 bridgehead atoms. The van der Waals surface area contributed by atoms with Gasteiger partial charge in [-0.05, 0) is 19.3 Å². The molecule has 1 rings (SSSR count). The Morgan fingerprint density at radius 1 is 1.06 bits per heavy atom. The van der Waals surface area contributed by atoms with Crippen LogP contribution in [-0.2, 0) is 30.4 Å². The Hall–Kier alpha value is -4.21. The zero-order valence-electron chi connectivity index (χ0n) is 18.9. The van der Waals surface area contributed by atoms with E-state index in [2.05, 4.69) is 30.9 Å². The van der Waals surface area contributed by atoms with E-state index in [1.54, 1.807) is 0 Å². The molecule has 0 saturated carbocycles. The maximum absolute atomic E-state index is 12.7. The van der Waals surface area contributed by atoms with Crippen molar-refractivity contribution in [1.82, 2.24) is 25.9 Å². The van der Waals surface area contributed by atoms with Gasteiger partial charge >= 0.3 is 11.9 Å². The molecule has 0 aliphatic heterocycles. The Morgan fingerprint density at radius 2 is 1.77 bits per heavy atom. The summed E-state index contributed by atoms with van der Waals surface area (Å²) in [6.45, 7) is -0.202. The van der Waals surface area contributed by atoms with Crippen molar-refractivity contribution in [1.29, 1.82) is 0 Å². The third kappa shape index (κ3) is 12.0. The van der Waals surface area contributed by atoms with E-state index in [9.17, 15) is 29.1 Å². The number of carbonyl (C=O) groups excluding carboxylic acids is 3. The van der Waals surface area contributed by atoms with E-state index >= 15 is 0 Å². The molecule has 0 aliphatic carbocycles. The van der Waals surface area contributed by atoms with Crippen LogP contribution in [0.1, 0.15) is 31.4 Å². The molecular weight excluding hydrogens is 466 g/mol. The maximum Gasteiger partial charge on any atom is 0.326 e. The fourth-order valence-corrected chi connectivity index (χ4v) is 2.82. The zero-order chi connectivity index (χ0) is 26.4. The van der Waals surface area contributed by atoms with E-state index < -0.39 is 60.8 Å². The Balaban J connectivity index is 2.69. The third-order valence-electron chi connectivity index (χ3n) is 4.62. The fourth-order valence-electron chi connectivity index (χ4n) is 2.82. The summed E-state index contributed by atoms with van der Waals surface area (Å²) in [5.74, 6) is -4.91. The van der Waals surface area contributed by atoms with Crippen LogP contribution in [0.4, 0.5) is 0 Å². The Kier molecular flexibility index (Phi) is 12.2. The van der Waals surface area contributed by atoms with Gasteiger partial charge < -0.3 is 48.3 Å². The minimum atomic E-state index is -1.48. The van der Waals surface area contributed by atoms with Gasteiger partial charge in [0, 0.05) is 31.3 Å². The van der Waals surface area contributed by atoms with E-state index in [1.165, 1.54) is 12.5 Å². The van der Waals surface area contributed by atoms with Crippen molar-refractivity contribution in [3.8, 4) is 0 Å². The molecule has 0 aromatic carbocycles. The Morgan fingerprint density at radius 3 is 2.34 bits per heavy atom. The Bertz CT molecular complexity index is 900. The number of hydrogen-bond acceptors (Lipinski definition) is 8. The predicted octanol–water partition coefficient (Wildman–Crippen LogP) is -3.63. The lowest BCUT2D eigenvalue weighted by Gasteiger charge is -2.21. The molecule has 0 spiro atoms. The molecule has 194 valence electrons. The molecule has 16 nitrogen and oxygen atoms in total. The van der Waals surface area contributed by atoms with E-state index in [4.69, 9.17) is 22.3 Å². The number of H-pyrrole nitrogens is 1. The lowest BCUT2D eigenvalue weighted by Crippen LogP contribution is -2.54. The number of amides is 3. The molecule has 16 heteroatoms. The monoisotopic (exact) mass is 497 g/mol. The van der Waals surface area contributed by atoms with E-state index in [1.807, 2.05) is 0 Å². The summed E-state index contributed by atoms with van der Waals surface area (Å²) in [7, 11) is 0.